The van der Waals surface area contributed by atoms with Gasteiger partial charge in [-0.15, -0.1) is 0 Å². The van der Waals surface area contributed by atoms with Crippen LogP contribution < -0.4 is 5.32 Å². The number of carbonyl (C=O) groups is 1. The summed E-state index contributed by atoms with van der Waals surface area (Å²) in [4.78, 5) is 19.4. The molecule has 5 nitrogen and oxygen atoms in total. The molecule has 0 bridgehead atoms. The second-order valence-corrected chi connectivity index (χ2v) is 4.85. The van der Waals surface area contributed by atoms with Crippen molar-refractivity contribution in [2.45, 2.75) is 13.0 Å². The Labute approximate surface area is 121 Å². The average Bonchev–Trinajstić information content (AvgIpc) is 2.94. The first-order valence-corrected chi connectivity index (χ1v) is 6.66. The van der Waals surface area contributed by atoms with Crippen LogP contribution in [0.25, 0.3) is 11.0 Å². The summed E-state index contributed by atoms with van der Waals surface area (Å²) in [5, 5.41) is 12.6. The maximum Gasteiger partial charge on any atom is 0.255 e. The number of imidazole rings is 1. The van der Waals surface area contributed by atoms with E-state index >= 15 is 0 Å². The number of anilines is 1. The van der Waals surface area contributed by atoms with Crippen molar-refractivity contribution in [3.05, 3.63) is 59.9 Å². The van der Waals surface area contributed by atoms with Crippen molar-refractivity contribution >= 4 is 22.6 Å². The van der Waals surface area contributed by atoms with Gasteiger partial charge in [-0.05, 0) is 31.2 Å². The van der Waals surface area contributed by atoms with E-state index in [0.717, 1.165) is 11.0 Å². The number of nitrogens with zero attached hydrogens (tertiary/aromatic N) is 1. The van der Waals surface area contributed by atoms with Crippen LogP contribution in [0.3, 0.4) is 0 Å². The molecule has 3 N–H and O–H groups in total. The zero-order chi connectivity index (χ0) is 14.8. The first-order valence-electron chi connectivity index (χ1n) is 6.66. The average molecular weight is 281 g/mol. The van der Waals surface area contributed by atoms with Gasteiger partial charge >= 0.3 is 0 Å². The van der Waals surface area contributed by atoms with Gasteiger partial charge in [0.1, 0.15) is 0 Å². The normalized spacial score (nSPS) is 12.3. The van der Waals surface area contributed by atoms with E-state index in [9.17, 15) is 9.90 Å². The van der Waals surface area contributed by atoms with Crippen LogP contribution in [-0.2, 0) is 0 Å². The molecule has 5 heteroatoms. The van der Waals surface area contributed by atoms with Gasteiger partial charge in [-0.1, -0.05) is 18.2 Å². The number of nitrogens with one attached hydrogen (secondary N) is 2. The van der Waals surface area contributed by atoms with Crippen molar-refractivity contribution in [1.82, 2.24) is 9.97 Å². The van der Waals surface area contributed by atoms with E-state index in [2.05, 4.69) is 15.3 Å². The summed E-state index contributed by atoms with van der Waals surface area (Å²) in [5.74, 6) is -0.223. The molecule has 106 valence electrons. The minimum atomic E-state index is -0.642. The molecule has 0 saturated carbocycles. The summed E-state index contributed by atoms with van der Waals surface area (Å²) < 4.78 is 0. The van der Waals surface area contributed by atoms with Crippen LogP contribution in [0.5, 0.6) is 0 Å². The third-order valence-electron chi connectivity index (χ3n) is 3.34. The van der Waals surface area contributed by atoms with Crippen LogP contribution in [0.4, 0.5) is 5.69 Å². The smallest absolute Gasteiger partial charge is 0.255 e. The first kappa shape index (κ1) is 13.3. The number of para-hydroxylation sites is 1. The van der Waals surface area contributed by atoms with E-state index in [4.69, 9.17) is 0 Å². The second-order valence-electron chi connectivity index (χ2n) is 4.85. The number of rotatable bonds is 3. The third-order valence-corrected chi connectivity index (χ3v) is 3.34. The van der Waals surface area contributed by atoms with Crippen LogP contribution >= 0.6 is 0 Å². The fourth-order valence-corrected chi connectivity index (χ4v) is 2.25. The summed E-state index contributed by atoms with van der Waals surface area (Å²) in [7, 11) is 0. The van der Waals surface area contributed by atoms with Gasteiger partial charge in [0.05, 0.1) is 23.5 Å². The molecule has 3 rings (SSSR count). The van der Waals surface area contributed by atoms with Gasteiger partial charge in [-0.25, -0.2) is 4.98 Å². The minimum Gasteiger partial charge on any atom is -0.389 e. The summed E-state index contributed by atoms with van der Waals surface area (Å²) >= 11 is 0. The van der Waals surface area contributed by atoms with E-state index in [1.807, 2.05) is 12.1 Å². The lowest BCUT2D eigenvalue weighted by Gasteiger charge is -2.13. The number of hydrogen-bond acceptors (Lipinski definition) is 3. The summed E-state index contributed by atoms with van der Waals surface area (Å²) in [6.45, 7) is 1.67. The van der Waals surface area contributed by atoms with Crippen molar-refractivity contribution < 1.29 is 9.90 Å². The van der Waals surface area contributed by atoms with Crippen molar-refractivity contribution in [3.8, 4) is 0 Å². The molecule has 1 heterocycles. The van der Waals surface area contributed by atoms with Gasteiger partial charge in [0.2, 0.25) is 0 Å². The van der Waals surface area contributed by atoms with Crippen LogP contribution in [0.1, 0.15) is 28.9 Å². The Bertz CT molecular complexity index is 793. The highest BCUT2D eigenvalue weighted by molar-refractivity contribution is 6.06. The Balaban J connectivity index is 1.89. The Kier molecular flexibility index (Phi) is 3.41. The highest BCUT2D eigenvalue weighted by Gasteiger charge is 2.12. The SMILES string of the molecule is CC(O)c1ccccc1NC(=O)c1ccc2nc[nH]c2c1. The fraction of sp³-hybridized carbons (Fsp3) is 0.125. The number of aromatic nitrogens is 2. The highest BCUT2D eigenvalue weighted by Crippen LogP contribution is 2.23. The maximum atomic E-state index is 12.3. The molecule has 0 radical (unpaired) electrons. The zero-order valence-corrected chi connectivity index (χ0v) is 11.5. The molecule has 1 unspecified atom stereocenters. The monoisotopic (exact) mass is 281 g/mol. The number of amides is 1. The molecular weight excluding hydrogens is 266 g/mol. The van der Waals surface area contributed by atoms with Gasteiger partial charge in [-0.3, -0.25) is 4.79 Å². The van der Waals surface area contributed by atoms with Crippen molar-refractivity contribution in [2.75, 3.05) is 5.32 Å². The predicted molar refractivity (Wildman–Crippen MR) is 81.1 cm³/mol. The summed E-state index contributed by atoms with van der Waals surface area (Å²) in [6, 6.07) is 12.5. The van der Waals surface area contributed by atoms with Gasteiger partial charge < -0.3 is 15.4 Å². The molecule has 0 aliphatic rings. The zero-order valence-electron chi connectivity index (χ0n) is 11.5. The van der Waals surface area contributed by atoms with E-state index in [0.29, 0.717) is 16.8 Å². The second kappa shape index (κ2) is 5.38. The molecule has 1 atom stereocenters. The number of benzene rings is 2. The maximum absolute atomic E-state index is 12.3. The number of aliphatic hydroxyl groups excluding tert-OH is 1. The van der Waals surface area contributed by atoms with Crippen molar-refractivity contribution in [3.63, 3.8) is 0 Å². The number of carbonyl (C=O) groups excluding carboxylic acids is 1. The van der Waals surface area contributed by atoms with E-state index in [1.165, 1.54) is 0 Å². The molecule has 0 aliphatic carbocycles. The van der Waals surface area contributed by atoms with Crippen LogP contribution in [0, 0.1) is 0 Å². The fourth-order valence-electron chi connectivity index (χ4n) is 2.25. The molecule has 3 aromatic rings. The molecule has 21 heavy (non-hydrogen) atoms. The van der Waals surface area contributed by atoms with Gasteiger partial charge in [-0.2, -0.15) is 0 Å². The topological polar surface area (TPSA) is 78.0 Å². The first-order chi connectivity index (χ1) is 10.1. The van der Waals surface area contributed by atoms with Crippen LogP contribution in [0.15, 0.2) is 48.8 Å². The van der Waals surface area contributed by atoms with Gasteiger partial charge in [0.25, 0.3) is 5.91 Å². The third kappa shape index (κ3) is 2.64. The Morgan fingerprint density at radius 2 is 2.10 bits per heavy atom. The Hall–Kier alpha value is -2.66. The molecule has 0 aliphatic heterocycles. The lowest BCUT2D eigenvalue weighted by Crippen LogP contribution is -2.13. The van der Waals surface area contributed by atoms with Crippen LogP contribution in [0.2, 0.25) is 0 Å². The molecule has 2 aromatic carbocycles. The molecule has 0 spiro atoms. The molecule has 1 aromatic heterocycles. The van der Waals surface area contributed by atoms with Gasteiger partial charge in [0.15, 0.2) is 0 Å². The Morgan fingerprint density at radius 1 is 1.29 bits per heavy atom. The predicted octanol–water partition coefficient (Wildman–Crippen LogP) is 2.87. The van der Waals surface area contributed by atoms with E-state index < -0.39 is 6.10 Å². The lowest BCUT2D eigenvalue weighted by molar-refractivity contribution is 0.102. The number of aliphatic hydroxyl groups is 1. The number of hydrogen-bond donors (Lipinski definition) is 3. The largest absolute Gasteiger partial charge is 0.389 e. The van der Waals surface area contributed by atoms with E-state index in [-0.39, 0.29) is 5.91 Å². The standard InChI is InChI=1S/C16H15N3O2/c1-10(20)12-4-2-3-5-13(12)19-16(21)11-6-7-14-15(8-11)18-9-17-14/h2-10,20H,1H3,(H,17,18)(H,19,21). The molecule has 0 fully saturated rings. The highest BCUT2D eigenvalue weighted by atomic mass is 16.3. The summed E-state index contributed by atoms with van der Waals surface area (Å²) in [5.41, 5.74) is 3.46. The minimum absolute atomic E-state index is 0.223. The molecular formula is C16H15N3O2. The summed E-state index contributed by atoms with van der Waals surface area (Å²) in [6.07, 6.45) is 0.950. The quantitative estimate of drug-likeness (QED) is 0.690. The van der Waals surface area contributed by atoms with Crippen LogP contribution in [-0.4, -0.2) is 21.0 Å². The molecule has 1 amide bonds. The number of H-pyrrole nitrogens is 1. The van der Waals surface area contributed by atoms with Crippen molar-refractivity contribution in [2.24, 2.45) is 0 Å². The molecule has 0 saturated heterocycles. The van der Waals surface area contributed by atoms with E-state index in [1.54, 1.807) is 43.6 Å². The van der Waals surface area contributed by atoms with Gasteiger partial charge in [0, 0.05) is 16.8 Å². The number of aromatic amines is 1. The lowest BCUT2D eigenvalue weighted by atomic mass is 10.1. The van der Waals surface area contributed by atoms with Crippen molar-refractivity contribution in [1.29, 1.82) is 0 Å². The Morgan fingerprint density at radius 3 is 2.90 bits per heavy atom. The number of fused-ring (bicyclic) bond motifs is 1.